The minimum atomic E-state index is -0.216. The van der Waals surface area contributed by atoms with Crippen molar-refractivity contribution in [2.45, 2.75) is 51.1 Å². The van der Waals surface area contributed by atoms with Gasteiger partial charge in [-0.3, -0.25) is 4.79 Å². The average Bonchev–Trinajstić information content (AvgIpc) is 2.39. The molecule has 112 valence electrons. The van der Waals surface area contributed by atoms with Crippen LogP contribution in [0, 0.1) is 6.92 Å². The van der Waals surface area contributed by atoms with Crippen LogP contribution in [0.4, 0.5) is 0 Å². The first-order valence-electron chi connectivity index (χ1n) is 7.15. The highest BCUT2D eigenvalue weighted by atomic mass is 32.2. The van der Waals surface area contributed by atoms with Gasteiger partial charge in [0.25, 0.3) is 0 Å². The lowest BCUT2D eigenvalue weighted by Gasteiger charge is -2.19. The minimum Gasteiger partial charge on any atom is -0.465 e. The van der Waals surface area contributed by atoms with Crippen LogP contribution in [0.1, 0.15) is 32.8 Å². The molecule has 0 bridgehead atoms. The van der Waals surface area contributed by atoms with E-state index in [1.807, 2.05) is 32.9 Å². The number of benzene rings is 1. The molecule has 3 nitrogen and oxygen atoms in total. The molecular weight excluding hydrogens is 270 g/mol. The molecule has 1 unspecified atom stereocenters. The van der Waals surface area contributed by atoms with Crippen molar-refractivity contribution < 1.29 is 9.53 Å². The average molecular weight is 295 g/mol. The highest BCUT2D eigenvalue weighted by Gasteiger charge is 2.20. The van der Waals surface area contributed by atoms with Crippen LogP contribution in [-0.4, -0.2) is 30.4 Å². The Hall–Kier alpha value is -1.00. The van der Waals surface area contributed by atoms with Gasteiger partial charge in [0.05, 0.1) is 6.61 Å². The zero-order valence-electron chi connectivity index (χ0n) is 12.8. The summed E-state index contributed by atoms with van der Waals surface area (Å²) < 4.78 is 5.12. The summed E-state index contributed by atoms with van der Waals surface area (Å²) in [6.07, 6.45) is 0.774. The Kier molecular flexibility index (Phi) is 7.70. The summed E-state index contributed by atoms with van der Waals surface area (Å²) in [6.45, 7) is 8.46. The summed E-state index contributed by atoms with van der Waals surface area (Å²) >= 11 is 1.79. The molecule has 20 heavy (non-hydrogen) atoms. The van der Waals surface area contributed by atoms with Crippen LogP contribution in [0.3, 0.4) is 0 Å². The molecule has 0 spiro atoms. The largest absolute Gasteiger partial charge is 0.465 e. The summed E-state index contributed by atoms with van der Waals surface area (Å²) in [5, 5.41) is 3.28. The summed E-state index contributed by atoms with van der Waals surface area (Å²) in [5.41, 5.74) is 1.28. The molecule has 0 radical (unpaired) electrons. The van der Waals surface area contributed by atoms with Crippen LogP contribution in [0.5, 0.6) is 0 Å². The Morgan fingerprint density at radius 3 is 2.65 bits per heavy atom. The number of esters is 1. The molecular formula is C16H25NO2S. The first kappa shape index (κ1) is 17.1. The standard InChI is InChI=1S/C16H25NO2S/c1-5-19-16(18)14(17-12(2)3)10-11-20-15-9-7-6-8-13(15)4/h6-9,12,14,17H,5,10-11H2,1-4H3. The number of hydrogen-bond acceptors (Lipinski definition) is 4. The number of ether oxygens (including phenoxy) is 1. The molecule has 0 aromatic heterocycles. The fourth-order valence-electron chi connectivity index (χ4n) is 1.92. The number of hydrogen-bond donors (Lipinski definition) is 1. The molecule has 0 heterocycles. The van der Waals surface area contributed by atoms with Crippen molar-refractivity contribution >= 4 is 17.7 Å². The quantitative estimate of drug-likeness (QED) is 0.589. The van der Waals surface area contributed by atoms with Crippen molar-refractivity contribution in [2.24, 2.45) is 0 Å². The van der Waals surface area contributed by atoms with Crippen molar-refractivity contribution in [3.63, 3.8) is 0 Å². The molecule has 1 aromatic carbocycles. The first-order chi connectivity index (χ1) is 9.54. The molecule has 4 heteroatoms. The molecule has 0 aliphatic rings. The van der Waals surface area contributed by atoms with Crippen LogP contribution >= 0.6 is 11.8 Å². The molecule has 0 aliphatic heterocycles. The Bertz CT molecular complexity index is 421. The SMILES string of the molecule is CCOC(=O)C(CCSc1ccccc1C)NC(C)C. The van der Waals surface area contributed by atoms with Crippen molar-refractivity contribution in [1.82, 2.24) is 5.32 Å². The van der Waals surface area contributed by atoms with Gasteiger partial charge in [0, 0.05) is 16.7 Å². The van der Waals surface area contributed by atoms with Crippen molar-refractivity contribution in [3.8, 4) is 0 Å². The van der Waals surface area contributed by atoms with E-state index in [0.717, 1.165) is 12.2 Å². The number of rotatable bonds is 8. The molecule has 1 aromatic rings. The molecule has 0 saturated carbocycles. The maximum absolute atomic E-state index is 11.9. The molecule has 1 rings (SSSR count). The zero-order chi connectivity index (χ0) is 15.0. The van der Waals surface area contributed by atoms with E-state index in [1.54, 1.807) is 11.8 Å². The fraction of sp³-hybridized carbons (Fsp3) is 0.562. The Labute approximate surface area is 126 Å². The topological polar surface area (TPSA) is 38.3 Å². The van der Waals surface area contributed by atoms with E-state index in [0.29, 0.717) is 6.61 Å². The number of thioether (sulfide) groups is 1. The van der Waals surface area contributed by atoms with E-state index >= 15 is 0 Å². The van der Waals surface area contributed by atoms with Gasteiger partial charge in [0.2, 0.25) is 0 Å². The predicted molar refractivity (Wildman–Crippen MR) is 85.2 cm³/mol. The Morgan fingerprint density at radius 2 is 2.05 bits per heavy atom. The van der Waals surface area contributed by atoms with Gasteiger partial charge in [0.1, 0.15) is 6.04 Å². The van der Waals surface area contributed by atoms with Crippen molar-refractivity contribution in [2.75, 3.05) is 12.4 Å². The summed E-state index contributed by atoms with van der Waals surface area (Å²) in [5.74, 6) is 0.750. The number of carbonyl (C=O) groups excluding carboxylic acids is 1. The number of carbonyl (C=O) groups is 1. The van der Waals surface area contributed by atoms with E-state index in [-0.39, 0.29) is 18.1 Å². The van der Waals surface area contributed by atoms with Crippen molar-refractivity contribution in [1.29, 1.82) is 0 Å². The minimum absolute atomic E-state index is 0.147. The van der Waals surface area contributed by atoms with E-state index in [4.69, 9.17) is 4.74 Å². The van der Waals surface area contributed by atoms with Gasteiger partial charge in [0.15, 0.2) is 0 Å². The summed E-state index contributed by atoms with van der Waals surface area (Å²) in [4.78, 5) is 13.2. The maximum Gasteiger partial charge on any atom is 0.323 e. The Balaban J connectivity index is 2.49. The third kappa shape index (κ3) is 5.97. The van der Waals surface area contributed by atoms with Gasteiger partial charge in [-0.15, -0.1) is 11.8 Å². The maximum atomic E-state index is 11.9. The zero-order valence-corrected chi connectivity index (χ0v) is 13.6. The van der Waals surface area contributed by atoms with Crippen LogP contribution in [0.15, 0.2) is 29.2 Å². The molecule has 0 saturated heterocycles. The van der Waals surface area contributed by atoms with E-state index < -0.39 is 0 Å². The molecule has 1 N–H and O–H groups in total. The monoisotopic (exact) mass is 295 g/mol. The van der Waals surface area contributed by atoms with Gasteiger partial charge in [-0.1, -0.05) is 32.0 Å². The highest BCUT2D eigenvalue weighted by molar-refractivity contribution is 7.99. The highest BCUT2D eigenvalue weighted by Crippen LogP contribution is 2.23. The molecule has 0 amide bonds. The predicted octanol–water partition coefficient (Wildman–Crippen LogP) is 3.41. The van der Waals surface area contributed by atoms with Crippen LogP contribution in [0.25, 0.3) is 0 Å². The normalized spacial score (nSPS) is 12.4. The third-order valence-corrected chi connectivity index (χ3v) is 4.07. The van der Waals surface area contributed by atoms with Crippen LogP contribution < -0.4 is 5.32 Å². The van der Waals surface area contributed by atoms with Gasteiger partial charge in [-0.25, -0.2) is 0 Å². The van der Waals surface area contributed by atoms with Crippen molar-refractivity contribution in [3.05, 3.63) is 29.8 Å². The fourth-order valence-corrected chi connectivity index (χ4v) is 2.96. The Morgan fingerprint density at radius 1 is 1.35 bits per heavy atom. The lowest BCUT2D eigenvalue weighted by Crippen LogP contribution is -2.42. The van der Waals surface area contributed by atoms with Crippen LogP contribution in [-0.2, 0) is 9.53 Å². The number of aryl methyl sites for hydroxylation is 1. The molecule has 0 fully saturated rings. The lowest BCUT2D eigenvalue weighted by molar-refractivity contribution is -0.145. The van der Waals surface area contributed by atoms with Gasteiger partial charge < -0.3 is 10.1 Å². The second kappa shape index (κ2) is 9.03. The van der Waals surface area contributed by atoms with E-state index in [1.165, 1.54) is 10.5 Å². The smallest absolute Gasteiger partial charge is 0.323 e. The van der Waals surface area contributed by atoms with Gasteiger partial charge in [-0.05, 0) is 31.9 Å². The molecule has 0 aliphatic carbocycles. The van der Waals surface area contributed by atoms with Crippen LogP contribution in [0.2, 0.25) is 0 Å². The lowest BCUT2D eigenvalue weighted by atomic mass is 10.2. The second-order valence-electron chi connectivity index (χ2n) is 5.03. The third-order valence-electron chi connectivity index (χ3n) is 2.86. The molecule has 1 atom stereocenters. The van der Waals surface area contributed by atoms with E-state index in [9.17, 15) is 4.79 Å². The summed E-state index contributed by atoms with van der Waals surface area (Å²) in [6, 6.07) is 8.37. The second-order valence-corrected chi connectivity index (χ2v) is 6.17. The summed E-state index contributed by atoms with van der Waals surface area (Å²) in [7, 11) is 0. The van der Waals surface area contributed by atoms with Gasteiger partial charge >= 0.3 is 5.97 Å². The first-order valence-corrected chi connectivity index (χ1v) is 8.14. The van der Waals surface area contributed by atoms with E-state index in [2.05, 4.69) is 24.4 Å². The van der Waals surface area contributed by atoms with Gasteiger partial charge in [-0.2, -0.15) is 0 Å². The number of nitrogens with one attached hydrogen (secondary N) is 1.